The highest BCUT2D eigenvalue weighted by Gasteiger charge is 2.45. The van der Waals surface area contributed by atoms with Crippen LogP contribution >= 0.6 is 0 Å². The van der Waals surface area contributed by atoms with Gasteiger partial charge in [0.15, 0.2) is 23.7 Å². The number of benzene rings is 6. The summed E-state index contributed by atoms with van der Waals surface area (Å²) in [6.07, 6.45) is 7.65. The van der Waals surface area contributed by atoms with Crippen LogP contribution in [-0.2, 0) is 28.8 Å². The number of halogens is 1. The Balaban J connectivity index is 0.000000199. The van der Waals surface area contributed by atoms with Gasteiger partial charge in [-0.1, -0.05) is 30.7 Å². The number of urea groups is 2. The summed E-state index contributed by atoms with van der Waals surface area (Å²) in [5.41, 5.74) is 9.08. The van der Waals surface area contributed by atoms with Crippen LogP contribution in [0.1, 0.15) is 149 Å². The number of nitrogens with two attached hydrogens (primary N) is 1. The zero-order chi connectivity index (χ0) is 90.8. The number of hydrogen-bond donors (Lipinski definition) is 10. The maximum absolute atomic E-state index is 13.7. The number of ether oxygens (including phenoxy) is 6. The number of piperidine rings is 2. The van der Waals surface area contributed by atoms with E-state index in [0.29, 0.717) is 122 Å². The molecule has 4 aliphatic heterocycles. The van der Waals surface area contributed by atoms with Crippen LogP contribution in [0, 0.1) is 0 Å². The minimum Gasteiger partial charge on any atom is -0.497 e. The summed E-state index contributed by atoms with van der Waals surface area (Å²) in [6.45, 7) is 12.4. The molecular weight excluding hydrogens is 1620 g/mol. The minimum atomic E-state index is -1.17. The molecule has 10 aromatic rings. The van der Waals surface area contributed by atoms with Crippen LogP contribution in [0.5, 0.6) is 34.5 Å². The van der Waals surface area contributed by atoms with Crippen molar-refractivity contribution in [3.63, 3.8) is 0 Å². The fraction of sp³-hybridized carbons (Fsp3) is 0.341. The number of fused-ring (bicyclic) bond motifs is 2. The zero-order valence-electron chi connectivity index (χ0n) is 71.3. The van der Waals surface area contributed by atoms with E-state index in [1.807, 2.05) is 77.9 Å². The average Bonchev–Trinajstić information content (AvgIpc) is 0.735. The van der Waals surface area contributed by atoms with E-state index >= 15 is 0 Å². The van der Waals surface area contributed by atoms with Crippen molar-refractivity contribution in [3.05, 3.63) is 144 Å². The highest BCUT2D eigenvalue weighted by Crippen LogP contribution is 2.41. The zero-order valence-corrected chi connectivity index (χ0v) is 70.3. The molecule has 0 bridgehead atoms. The van der Waals surface area contributed by atoms with Gasteiger partial charge in [-0.25, -0.2) is 34.3 Å². The summed E-state index contributed by atoms with van der Waals surface area (Å²) in [4.78, 5) is 180. The SMILES string of the molecule is COc1cc(OC)cc(-c2cc3cnc(NCCCCCC(=O)COc4cc5c6c(cccc6c4)C(=O)N(C4CCC(=O)NC4=O)C5=O)nc3nc2NC(=O)NC(C)(C)C)c1.COc1cc(OC)cc(-c2cc3cnc(NCCCCN)nc3nc2NC(=O)NC(C)(C)C)c1.O=C(O)COc1cc2c3c(cccc3c1)C(=O)N(C1CCC(=O)NC1=O)C2=O.[2H]CF. The van der Waals surface area contributed by atoms with E-state index in [0.717, 1.165) is 46.4 Å². The molecule has 2 unspecified atom stereocenters. The van der Waals surface area contributed by atoms with Gasteiger partial charge in [0, 0.05) is 112 Å². The largest absolute Gasteiger partial charge is 0.497 e. The number of carbonyl (C=O) groups is 12. The van der Waals surface area contributed by atoms with E-state index in [9.17, 15) is 61.9 Å². The summed E-state index contributed by atoms with van der Waals surface area (Å²) in [6, 6.07) is 27.5. The van der Waals surface area contributed by atoms with Crippen molar-refractivity contribution >= 4 is 138 Å². The monoisotopic (exact) mass is 1710 g/mol. The second kappa shape index (κ2) is 40.4. The van der Waals surface area contributed by atoms with E-state index in [-0.39, 0.29) is 90.1 Å². The lowest BCUT2D eigenvalue weighted by Crippen LogP contribution is -2.57. The topological polar surface area (TPSA) is 487 Å². The second-order valence-corrected chi connectivity index (χ2v) is 31.2. The smallest absolute Gasteiger partial charge is 0.341 e. The number of anilines is 4. The number of imide groups is 4. The number of hydrogen-bond acceptors (Lipinski definition) is 27. The van der Waals surface area contributed by atoms with Gasteiger partial charge in [0.1, 0.15) is 64.8 Å². The summed E-state index contributed by atoms with van der Waals surface area (Å²) in [5.74, 6) is -1.90. The van der Waals surface area contributed by atoms with Crippen LogP contribution in [0.25, 0.3) is 65.9 Å². The number of nitrogens with one attached hydrogen (secondary N) is 8. The van der Waals surface area contributed by atoms with Gasteiger partial charge in [0.05, 0.1) is 48.1 Å². The highest BCUT2D eigenvalue weighted by molar-refractivity contribution is 6.28. The number of carboxylic acid groups (broad SMARTS) is 1. The van der Waals surface area contributed by atoms with Crippen LogP contribution in [0.3, 0.4) is 0 Å². The van der Waals surface area contributed by atoms with Crippen LogP contribution in [-0.4, -0.2) is 207 Å². The van der Waals surface area contributed by atoms with Gasteiger partial charge < -0.3 is 60.5 Å². The Hall–Kier alpha value is -14.7. The van der Waals surface area contributed by atoms with E-state index in [1.165, 1.54) is 12.1 Å². The number of aromatic nitrogens is 6. The molecule has 2 saturated heterocycles. The number of carboxylic acids is 1. The third-order valence-corrected chi connectivity index (χ3v) is 19.7. The number of unbranched alkanes of at least 4 members (excludes halogenated alkanes) is 3. The molecule has 0 aliphatic carbocycles. The molecule has 11 N–H and O–H groups in total. The molecular formula is C88H96FN17O19. The van der Waals surface area contributed by atoms with Crippen molar-refractivity contribution in [3.8, 4) is 56.8 Å². The van der Waals surface area contributed by atoms with Crippen LogP contribution < -0.4 is 76.7 Å². The van der Waals surface area contributed by atoms with E-state index in [4.69, 9.17) is 45.6 Å². The molecule has 0 saturated carbocycles. The molecule has 37 heteroatoms. The summed E-state index contributed by atoms with van der Waals surface area (Å²) < 4.78 is 48.3. The average molecular weight is 1720 g/mol. The van der Waals surface area contributed by atoms with E-state index in [1.54, 1.807) is 101 Å². The van der Waals surface area contributed by atoms with Gasteiger partial charge >= 0.3 is 18.0 Å². The first kappa shape index (κ1) is 89.6. The molecule has 2 fully saturated rings. The first-order valence-corrected chi connectivity index (χ1v) is 39.8. The number of Topliss-reactive ketones (excluding diaryl/α,β-unsaturated/α-hetero) is 1. The van der Waals surface area contributed by atoms with Crippen molar-refractivity contribution in [2.24, 2.45) is 5.73 Å². The number of methoxy groups -OCH3 is 4. The number of amides is 12. The third kappa shape index (κ3) is 22.6. The Kier molecular flexibility index (Phi) is 28.9. The molecule has 0 radical (unpaired) electrons. The van der Waals surface area contributed by atoms with Crippen LogP contribution in [0.4, 0.5) is 37.5 Å². The number of pyridine rings is 2. The molecule has 2 atom stereocenters. The van der Waals surface area contributed by atoms with E-state index in [2.05, 4.69) is 67.5 Å². The van der Waals surface area contributed by atoms with E-state index < -0.39 is 96.2 Å². The molecule has 654 valence electrons. The third-order valence-electron chi connectivity index (χ3n) is 19.7. The Bertz CT molecular complexity index is 5860. The summed E-state index contributed by atoms with van der Waals surface area (Å²) >= 11 is 0. The Morgan fingerprint density at radius 3 is 1.29 bits per heavy atom. The van der Waals surface area contributed by atoms with Crippen molar-refractivity contribution in [2.75, 3.05) is 89.7 Å². The number of rotatable bonds is 28. The molecule has 6 aromatic carbocycles. The normalized spacial score (nSPS) is 14.8. The summed E-state index contributed by atoms with van der Waals surface area (Å²) in [5, 5.41) is 34.5. The van der Waals surface area contributed by atoms with Crippen LogP contribution in [0.15, 0.2) is 122 Å². The maximum atomic E-state index is 13.7. The van der Waals surface area contributed by atoms with Crippen molar-refractivity contribution in [2.45, 2.75) is 129 Å². The van der Waals surface area contributed by atoms with Crippen molar-refractivity contribution < 1.29 is 96.8 Å². The Morgan fingerprint density at radius 1 is 0.504 bits per heavy atom. The standard InChI is InChI=1S/C44H46N8O9.C24H33N7O3.C19H14N2O7.CH3F/c1-44(2,3)51-43(58)50-38-32(25-17-28(59-4)20-29(18-25)60-5)19-26-22-46-42(49-37(26)48-38)45-15-8-6-7-11-27(53)23-61-30-16-24-10-9-12-31-36(24)33(21-30)41(57)52(40(31)56)34-13-14-35(54)47-39(34)55;1-24(2,3)31-23(32)30-21-19(15-10-17(33-4)13-18(11-15)34-5)12-16-14-27-22(29-20(16)28-21)26-9-7-6-8-25;22-14-5-4-13(17(25)20-14)21-18(26)11-3-1-2-9-6-10(28-8-15(23)24)7-12(16(9)11)19(21)27;1-2/h9-10,12,16-22,34H,6-8,11,13-15,23H2,1-5H3,(H,47,54,55)(H3,45,46,48,49,50,51,58);10-14H,6-9,25H2,1-5H3,(H3,26,27,28,29,30,31,32);1-3,6-7,13H,4-5,8H2,(H,23,24)(H,20,22,25);1H3/i;;;1D. The molecule has 12 amide bonds. The fourth-order valence-corrected chi connectivity index (χ4v) is 14.1. The maximum Gasteiger partial charge on any atom is 0.341 e. The quantitative estimate of drug-likeness (QED) is 0.0161. The number of nitrogens with zero attached hydrogens (tertiary/aromatic N) is 8. The van der Waals surface area contributed by atoms with Gasteiger partial charge in [-0.3, -0.25) is 78.6 Å². The number of aliphatic carboxylic acids is 1. The first-order chi connectivity index (χ1) is 60.2. The van der Waals surface area contributed by atoms with Gasteiger partial charge in [-0.05, 0) is 181 Å². The Morgan fingerprint density at radius 2 is 0.904 bits per heavy atom. The predicted molar refractivity (Wildman–Crippen MR) is 461 cm³/mol. The van der Waals surface area contributed by atoms with Gasteiger partial charge in [-0.2, -0.15) is 9.97 Å². The minimum absolute atomic E-state index is 0.00785. The molecule has 36 nitrogen and oxygen atoms in total. The lowest BCUT2D eigenvalue weighted by molar-refractivity contribution is -0.139. The number of alkyl halides is 1. The number of carbonyl (C=O) groups excluding carboxylic acids is 11. The molecule has 125 heavy (non-hydrogen) atoms. The first-order valence-electron chi connectivity index (χ1n) is 40.5. The van der Waals surface area contributed by atoms with Crippen LogP contribution in [0.2, 0.25) is 0 Å². The van der Waals surface area contributed by atoms with Crippen molar-refractivity contribution in [1.29, 1.82) is 0 Å². The van der Waals surface area contributed by atoms with Gasteiger partial charge in [-0.15, -0.1) is 0 Å². The molecule has 8 heterocycles. The molecule has 0 spiro atoms. The fourth-order valence-electron chi connectivity index (χ4n) is 14.1. The van der Waals surface area contributed by atoms with Gasteiger partial charge in [0.25, 0.3) is 23.6 Å². The molecule has 4 aromatic heterocycles. The van der Waals surface area contributed by atoms with Crippen molar-refractivity contribution in [1.82, 2.24) is 61.0 Å². The highest BCUT2D eigenvalue weighted by atomic mass is 19.1. The second-order valence-electron chi connectivity index (χ2n) is 31.2. The molecule has 4 aliphatic rings. The molecule has 14 rings (SSSR count). The lowest BCUT2D eigenvalue weighted by atomic mass is 9.91. The predicted octanol–water partition coefficient (Wildman–Crippen LogP) is 10.9. The van der Waals surface area contributed by atoms with Gasteiger partial charge in [0.2, 0.25) is 35.5 Å². The summed E-state index contributed by atoms with van der Waals surface area (Å²) in [7, 11) is 5.29. The number of ketones is 1. The lowest BCUT2D eigenvalue weighted by Gasteiger charge is -2.34. The Labute approximate surface area is 717 Å².